The van der Waals surface area contributed by atoms with Gasteiger partial charge in [0.2, 0.25) is 21.8 Å². The minimum Gasteiger partial charge on any atom is -0.497 e. The minimum atomic E-state index is -3.57. The van der Waals surface area contributed by atoms with Gasteiger partial charge in [-0.05, 0) is 50.8 Å². The first-order valence-corrected chi connectivity index (χ1v) is 15.2. The molecule has 1 saturated carbocycles. The molecule has 1 atom stereocenters. The van der Waals surface area contributed by atoms with Crippen molar-refractivity contribution >= 4 is 27.5 Å². The maximum atomic E-state index is 13.5. The molecule has 1 aliphatic rings. The first kappa shape index (κ1) is 29.5. The maximum Gasteiger partial charge on any atom is 0.242 e. The molecule has 0 radical (unpaired) electrons. The van der Waals surface area contributed by atoms with Crippen LogP contribution in [0.3, 0.4) is 0 Å². The molecular formula is C29H41N3O5S. The van der Waals surface area contributed by atoms with Gasteiger partial charge in [0.1, 0.15) is 11.8 Å². The number of aryl methyl sites for hydroxylation is 1. The molecule has 2 aromatic carbocycles. The number of sulfonamides is 1. The van der Waals surface area contributed by atoms with Crippen LogP contribution in [-0.2, 0) is 26.2 Å². The van der Waals surface area contributed by atoms with Gasteiger partial charge in [-0.25, -0.2) is 8.42 Å². The normalized spacial score (nSPS) is 14.9. The largest absolute Gasteiger partial charge is 0.497 e. The predicted octanol–water partition coefficient (Wildman–Crippen LogP) is 4.42. The number of rotatable bonds is 12. The Hall–Kier alpha value is -3.07. The van der Waals surface area contributed by atoms with Crippen LogP contribution in [0, 0.1) is 6.92 Å². The van der Waals surface area contributed by atoms with E-state index >= 15 is 0 Å². The summed E-state index contributed by atoms with van der Waals surface area (Å²) in [7, 11) is -2.05. The molecule has 38 heavy (non-hydrogen) atoms. The molecule has 1 fully saturated rings. The molecule has 9 heteroatoms. The second-order valence-electron chi connectivity index (χ2n) is 10.2. The molecule has 0 aromatic heterocycles. The SMILES string of the molecule is COc1cccc(N(CCCC(=O)N(Cc2cccc(C)c2)[C@H](C)C(=O)NC2CCCCC2)S(C)(=O)=O)c1. The van der Waals surface area contributed by atoms with E-state index in [4.69, 9.17) is 4.74 Å². The van der Waals surface area contributed by atoms with Crippen LogP contribution < -0.4 is 14.4 Å². The van der Waals surface area contributed by atoms with Gasteiger partial charge in [-0.2, -0.15) is 0 Å². The molecule has 3 rings (SSSR count). The van der Waals surface area contributed by atoms with Gasteiger partial charge in [-0.1, -0.05) is 55.2 Å². The molecule has 208 valence electrons. The molecule has 0 aliphatic heterocycles. The van der Waals surface area contributed by atoms with E-state index in [2.05, 4.69) is 5.32 Å². The Morgan fingerprint density at radius 2 is 1.79 bits per heavy atom. The summed E-state index contributed by atoms with van der Waals surface area (Å²) in [6.07, 6.45) is 6.92. The van der Waals surface area contributed by atoms with Gasteiger partial charge in [0.25, 0.3) is 0 Å². The molecule has 2 amide bonds. The van der Waals surface area contributed by atoms with Crippen LogP contribution in [0.15, 0.2) is 48.5 Å². The molecule has 0 unspecified atom stereocenters. The van der Waals surface area contributed by atoms with Gasteiger partial charge in [0.15, 0.2) is 0 Å². The van der Waals surface area contributed by atoms with Crippen LogP contribution in [0.4, 0.5) is 5.69 Å². The van der Waals surface area contributed by atoms with E-state index in [0.717, 1.165) is 43.1 Å². The number of anilines is 1. The number of benzene rings is 2. The van der Waals surface area contributed by atoms with Crippen LogP contribution in [0.1, 0.15) is 63.0 Å². The molecule has 0 heterocycles. The van der Waals surface area contributed by atoms with E-state index in [9.17, 15) is 18.0 Å². The van der Waals surface area contributed by atoms with Crippen molar-refractivity contribution in [2.24, 2.45) is 0 Å². The fourth-order valence-corrected chi connectivity index (χ4v) is 5.89. The second kappa shape index (κ2) is 13.6. The average molecular weight is 544 g/mol. The standard InChI is InChI=1S/C29H41N3O5S/c1-22-11-8-12-24(19-22)21-31(23(2)29(34)30-25-13-6-5-7-14-25)28(33)17-10-18-32(38(4,35)36)26-15-9-16-27(20-26)37-3/h8-9,11-12,15-16,19-20,23,25H,5-7,10,13-14,17-18,21H2,1-4H3,(H,30,34)/t23-/m1/s1. The predicted molar refractivity (Wildman–Crippen MR) is 151 cm³/mol. The van der Waals surface area contributed by atoms with Crippen molar-refractivity contribution in [3.05, 3.63) is 59.7 Å². The molecule has 8 nitrogen and oxygen atoms in total. The number of carbonyl (C=O) groups is 2. The first-order valence-electron chi connectivity index (χ1n) is 13.4. The minimum absolute atomic E-state index is 0.114. The van der Waals surface area contributed by atoms with Crippen molar-refractivity contribution in [3.8, 4) is 5.75 Å². The number of carbonyl (C=O) groups excluding carboxylic acids is 2. The molecule has 2 aromatic rings. The van der Waals surface area contributed by atoms with E-state index in [0.29, 0.717) is 24.4 Å². The van der Waals surface area contributed by atoms with E-state index in [1.807, 2.05) is 31.2 Å². The second-order valence-corrected chi connectivity index (χ2v) is 12.1. The summed E-state index contributed by atoms with van der Waals surface area (Å²) in [6, 6.07) is 14.2. The van der Waals surface area contributed by atoms with E-state index < -0.39 is 16.1 Å². The highest BCUT2D eigenvalue weighted by Crippen LogP contribution is 2.24. The zero-order valence-electron chi connectivity index (χ0n) is 23.0. The van der Waals surface area contributed by atoms with Gasteiger partial charge in [-0.3, -0.25) is 13.9 Å². The van der Waals surface area contributed by atoms with Gasteiger partial charge >= 0.3 is 0 Å². The van der Waals surface area contributed by atoms with Crippen molar-refractivity contribution in [2.45, 2.75) is 77.4 Å². The third kappa shape index (κ3) is 8.48. The Bertz CT molecular complexity index is 1190. The van der Waals surface area contributed by atoms with Crippen molar-refractivity contribution in [3.63, 3.8) is 0 Å². The number of methoxy groups -OCH3 is 1. The number of hydrogen-bond donors (Lipinski definition) is 1. The van der Waals surface area contributed by atoms with Crippen LogP contribution in [0.25, 0.3) is 0 Å². The van der Waals surface area contributed by atoms with E-state index in [1.54, 1.807) is 36.1 Å². The Morgan fingerprint density at radius 3 is 2.45 bits per heavy atom. The van der Waals surface area contributed by atoms with Crippen LogP contribution >= 0.6 is 0 Å². The van der Waals surface area contributed by atoms with E-state index in [1.165, 1.54) is 17.8 Å². The number of hydrogen-bond acceptors (Lipinski definition) is 5. The highest BCUT2D eigenvalue weighted by Gasteiger charge is 2.28. The summed E-state index contributed by atoms with van der Waals surface area (Å²) < 4.78 is 31.6. The van der Waals surface area contributed by atoms with Gasteiger partial charge in [-0.15, -0.1) is 0 Å². The summed E-state index contributed by atoms with van der Waals surface area (Å²) in [5.74, 6) is 0.221. The highest BCUT2D eigenvalue weighted by atomic mass is 32.2. The summed E-state index contributed by atoms with van der Waals surface area (Å²) in [6.45, 7) is 4.21. The summed E-state index contributed by atoms with van der Waals surface area (Å²) in [5, 5.41) is 3.15. The smallest absolute Gasteiger partial charge is 0.242 e. The third-order valence-electron chi connectivity index (χ3n) is 7.05. The molecule has 0 spiro atoms. The topological polar surface area (TPSA) is 96.0 Å². The van der Waals surface area contributed by atoms with E-state index in [-0.39, 0.29) is 30.8 Å². The van der Waals surface area contributed by atoms with Crippen LogP contribution in [0.5, 0.6) is 5.75 Å². The van der Waals surface area contributed by atoms with Crippen LogP contribution in [-0.4, -0.2) is 57.1 Å². The molecule has 1 aliphatic carbocycles. The molecular weight excluding hydrogens is 502 g/mol. The van der Waals surface area contributed by atoms with Gasteiger partial charge in [0.05, 0.1) is 19.1 Å². The lowest BCUT2D eigenvalue weighted by molar-refractivity contribution is -0.141. The lowest BCUT2D eigenvalue weighted by Gasteiger charge is -2.31. The van der Waals surface area contributed by atoms with Crippen molar-refractivity contribution in [2.75, 3.05) is 24.2 Å². The van der Waals surface area contributed by atoms with Crippen molar-refractivity contribution in [1.82, 2.24) is 10.2 Å². The first-order chi connectivity index (χ1) is 18.1. The number of ether oxygens (including phenoxy) is 1. The van der Waals surface area contributed by atoms with Crippen molar-refractivity contribution < 1.29 is 22.7 Å². The quantitative estimate of drug-likeness (QED) is 0.428. The third-order valence-corrected chi connectivity index (χ3v) is 8.24. The summed E-state index contributed by atoms with van der Waals surface area (Å²) >= 11 is 0. The zero-order chi connectivity index (χ0) is 27.7. The Morgan fingerprint density at radius 1 is 1.08 bits per heavy atom. The lowest BCUT2D eigenvalue weighted by Crippen LogP contribution is -2.50. The number of nitrogens with one attached hydrogen (secondary N) is 1. The summed E-state index contributed by atoms with van der Waals surface area (Å²) in [5.41, 5.74) is 2.51. The maximum absolute atomic E-state index is 13.5. The molecule has 1 N–H and O–H groups in total. The van der Waals surface area contributed by atoms with Gasteiger partial charge < -0.3 is 15.0 Å². The fourth-order valence-electron chi connectivity index (χ4n) is 4.93. The Labute approximate surface area is 227 Å². The molecule has 0 saturated heterocycles. The lowest BCUT2D eigenvalue weighted by atomic mass is 9.95. The summed E-state index contributed by atoms with van der Waals surface area (Å²) in [4.78, 5) is 28.3. The van der Waals surface area contributed by atoms with Crippen molar-refractivity contribution in [1.29, 1.82) is 0 Å². The monoisotopic (exact) mass is 543 g/mol. The highest BCUT2D eigenvalue weighted by molar-refractivity contribution is 7.92. The number of nitrogens with zero attached hydrogens (tertiary/aromatic N) is 2. The average Bonchev–Trinajstić information content (AvgIpc) is 2.89. The Balaban J connectivity index is 1.72. The zero-order valence-corrected chi connectivity index (χ0v) is 23.8. The van der Waals surface area contributed by atoms with Gasteiger partial charge in [0, 0.05) is 31.6 Å². The Kier molecular flexibility index (Phi) is 10.6. The fraction of sp³-hybridized carbons (Fsp3) is 0.517. The van der Waals surface area contributed by atoms with Crippen LogP contribution in [0.2, 0.25) is 0 Å². The number of amides is 2. The molecule has 0 bridgehead atoms.